The molecular formula is C14H18N4O. The van der Waals surface area contributed by atoms with Gasteiger partial charge >= 0.3 is 0 Å². The summed E-state index contributed by atoms with van der Waals surface area (Å²) in [4.78, 5) is 6.72. The number of aromatic nitrogens is 2. The number of hydrogen-bond donors (Lipinski definition) is 1. The van der Waals surface area contributed by atoms with Crippen LogP contribution >= 0.6 is 0 Å². The zero-order valence-electron chi connectivity index (χ0n) is 10.8. The molecule has 19 heavy (non-hydrogen) atoms. The summed E-state index contributed by atoms with van der Waals surface area (Å²) < 4.78 is 5.30. The second-order valence-electron chi connectivity index (χ2n) is 5.02. The minimum Gasteiger partial charge on any atom is -0.334 e. The lowest BCUT2D eigenvalue weighted by atomic mass is 10.1. The summed E-state index contributed by atoms with van der Waals surface area (Å²) in [6.07, 6.45) is 2.25. The maximum atomic E-state index is 5.97. The second-order valence-corrected chi connectivity index (χ2v) is 5.02. The third-order valence-electron chi connectivity index (χ3n) is 3.40. The molecule has 1 aliphatic heterocycles. The molecule has 0 saturated carbocycles. The maximum Gasteiger partial charge on any atom is 0.257 e. The van der Waals surface area contributed by atoms with Crippen LogP contribution in [0.2, 0.25) is 0 Å². The Morgan fingerprint density at radius 2 is 2.16 bits per heavy atom. The third-order valence-corrected chi connectivity index (χ3v) is 3.40. The van der Waals surface area contributed by atoms with Gasteiger partial charge in [-0.2, -0.15) is 4.98 Å². The van der Waals surface area contributed by atoms with Gasteiger partial charge in [0.1, 0.15) is 0 Å². The summed E-state index contributed by atoms with van der Waals surface area (Å²) in [6.45, 7) is 2.68. The molecule has 0 amide bonds. The molecule has 5 heteroatoms. The Bertz CT molecular complexity index is 525. The van der Waals surface area contributed by atoms with E-state index in [2.05, 4.69) is 15.0 Å². The van der Waals surface area contributed by atoms with Crippen molar-refractivity contribution in [3.05, 3.63) is 36.2 Å². The zero-order chi connectivity index (χ0) is 13.1. The number of likely N-dealkylation sites (tertiary alicyclic amines) is 1. The van der Waals surface area contributed by atoms with Crippen LogP contribution in [0, 0.1) is 0 Å². The van der Waals surface area contributed by atoms with Crippen LogP contribution in [0.5, 0.6) is 0 Å². The van der Waals surface area contributed by atoms with Gasteiger partial charge in [-0.25, -0.2) is 0 Å². The third kappa shape index (κ3) is 3.00. The smallest absolute Gasteiger partial charge is 0.257 e. The Morgan fingerprint density at radius 3 is 2.95 bits per heavy atom. The number of nitrogens with two attached hydrogens (primary N) is 1. The van der Waals surface area contributed by atoms with E-state index in [9.17, 15) is 0 Å². The summed E-state index contributed by atoms with van der Waals surface area (Å²) in [7, 11) is 0. The standard InChI is InChI=1S/C14H18N4O/c15-12-7-4-8-18(9-12)10-13-16-14(19-17-13)11-5-2-1-3-6-11/h1-3,5-6,12H,4,7-10,15H2/t12-/m1/s1. The molecule has 2 N–H and O–H groups in total. The highest BCUT2D eigenvalue weighted by molar-refractivity contribution is 5.51. The van der Waals surface area contributed by atoms with Crippen molar-refractivity contribution in [2.24, 2.45) is 5.73 Å². The second kappa shape index (κ2) is 5.50. The predicted molar refractivity (Wildman–Crippen MR) is 72.2 cm³/mol. The van der Waals surface area contributed by atoms with Crippen LogP contribution in [0.1, 0.15) is 18.7 Å². The van der Waals surface area contributed by atoms with Crippen molar-refractivity contribution < 1.29 is 4.52 Å². The van der Waals surface area contributed by atoms with E-state index in [4.69, 9.17) is 10.3 Å². The fourth-order valence-electron chi connectivity index (χ4n) is 2.45. The van der Waals surface area contributed by atoms with Gasteiger partial charge < -0.3 is 10.3 Å². The summed E-state index contributed by atoms with van der Waals surface area (Å²) in [5.74, 6) is 1.31. The van der Waals surface area contributed by atoms with Crippen LogP contribution in [-0.2, 0) is 6.54 Å². The molecule has 2 heterocycles. The first kappa shape index (κ1) is 12.3. The van der Waals surface area contributed by atoms with Crippen molar-refractivity contribution in [2.45, 2.75) is 25.4 Å². The number of hydrogen-bond acceptors (Lipinski definition) is 5. The highest BCUT2D eigenvalue weighted by Gasteiger charge is 2.19. The molecule has 1 fully saturated rings. The van der Waals surface area contributed by atoms with Gasteiger partial charge in [0.2, 0.25) is 0 Å². The Hall–Kier alpha value is -1.72. The molecule has 100 valence electrons. The summed E-state index contributed by atoms with van der Waals surface area (Å²) in [5.41, 5.74) is 6.92. The van der Waals surface area contributed by atoms with E-state index in [1.165, 1.54) is 0 Å². The predicted octanol–water partition coefficient (Wildman–Crippen LogP) is 1.66. The molecule has 1 aromatic heterocycles. The fraction of sp³-hybridized carbons (Fsp3) is 0.429. The van der Waals surface area contributed by atoms with E-state index >= 15 is 0 Å². The van der Waals surface area contributed by atoms with Crippen molar-refractivity contribution in [1.29, 1.82) is 0 Å². The summed E-state index contributed by atoms with van der Waals surface area (Å²) in [5, 5.41) is 4.04. The van der Waals surface area contributed by atoms with Gasteiger partial charge in [-0.15, -0.1) is 0 Å². The average Bonchev–Trinajstić information content (AvgIpc) is 2.88. The molecule has 1 atom stereocenters. The van der Waals surface area contributed by atoms with E-state index < -0.39 is 0 Å². The summed E-state index contributed by atoms with van der Waals surface area (Å²) in [6, 6.07) is 10.1. The zero-order valence-corrected chi connectivity index (χ0v) is 10.8. The van der Waals surface area contributed by atoms with Crippen LogP contribution < -0.4 is 5.73 Å². The van der Waals surface area contributed by atoms with Gasteiger partial charge in [0.05, 0.1) is 6.54 Å². The highest BCUT2D eigenvalue weighted by Crippen LogP contribution is 2.17. The first-order chi connectivity index (χ1) is 9.31. The topological polar surface area (TPSA) is 68.2 Å². The minimum atomic E-state index is 0.272. The van der Waals surface area contributed by atoms with Crippen LogP contribution in [0.3, 0.4) is 0 Å². The highest BCUT2D eigenvalue weighted by atomic mass is 16.5. The first-order valence-electron chi connectivity index (χ1n) is 6.67. The van der Waals surface area contributed by atoms with E-state index in [1.54, 1.807) is 0 Å². The Balaban J connectivity index is 1.68. The van der Waals surface area contributed by atoms with Crippen LogP contribution in [-0.4, -0.2) is 34.2 Å². The molecule has 0 radical (unpaired) electrons. The molecule has 1 saturated heterocycles. The molecule has 5 nitrogen and oxygen atoms in total. The molecule has 2 aromatic rings. The fourth-order valence-corrected chi connectivity index (χ4v) is 2.45. The Kier molecular flexibility index (Phi) is 3.57. The first-order valence-corrected chi connectivity index (χ1v) is 6.67. The van der Waals surface area contributed by atoms with Crippen molar-refractivity contribution in [3.8, 4) is 11.5 Å². The lowest BCUT2D eigenvalue weighted by molar-refractivity contribution is 0.195. The summed E-state index contributed by atoms with van der Waals surface area (Å²) >= 11 is 0. The van der Waals surface area contributed by atoms with E-state index in [0.717, 1.165) is 37.3 Å². The molecular weight excluding hydrogens is 240 g/mol. The van der Waals surface area contributed by atoms with Gasteiger partial charge in [0.15, 0.2) is 5.82 Å². The lowest BCUT2D eigenvalue weighted by Gasteiger charge is -2.29. The Morgan fingerprint density at radius 1 is 1.32 bits per heavy atom. The number of piperidine rings is 1. The van der Waals surface area contributed by atoms with E-state index in [0.29, 0.717) is 12.4 Å². The molecule has 1 aromatic carbocycles. The average molecular weight is 258 g/mol. The maximum absolute atomic E-state index is 5.97. The quantitative estimate of drug-likeness (QED) is 0.906. The molecule has 0 aliphatic carbocycles. The normalized spacial score (nSPS) is 20.6. The molecule has 0 bridgehead atoms. The Labute approximate surface area is 112 Å². The van der Waals surface area contributed by atoms with Gasteiger partial charge in [0.25, 0.3) is 5.89 Å². The molecule has 0 unspecified atom stereocenters. The molecule has 0 spiro atoms. The van der Waals surface area contributed by atoms with Gasteiger partial charge in [-0.3, -0.25) is 4.90 Å². The number of benzene rings is 1. The van der Waals surface area contributed by atoms with Crippen molar-refractivity contribution >= 4 is 0 Å². The van der Waals surface area contributed by atoms with Crippen molar-refractivity contribution in [1.82, 2.24) is 15.0 Å². The number of nitrogens with zero attached hydrogens (tertiary/aromatic N) is 3. The monoisotopic (exact) mass is 258 g/mol. The SMILES string of the molecule is N[C@@H]1CCCN(Cc2noc(-c3ccccc3)n2)C1. The lowest BCUT2D eigenvalue weighted by Crippen LogP contribution is -2.42. The van der Waals surface area contributed by atoms with E-state index in [1.807, 2.05) is 30.3 Å². The molecule has 1 aliphatic rings. The van der Waals surface area contributed by atoms with Crippen molar-refractivity contribution in [3.63, 3.8) is 0 Å². The van der Waals surface area contributed by atoms with E-state index in [-0.39, 0.29) is 6.04 Å². The van der Waals surface area contributed by atoms with Gasteiger partial charge in [-0.05, 0) is 31.5 Å². The molecule has 3 rings (SSSR count). The van der Waals surface area contributed by atoms with Crippen LogP contribution in [0.15, 0.2) is 34.9 Å². The van der Waals surface area contributed by atoms with Crippen LogP contribution in [0.25, 0.3) is 11.5 Å². The van der Waals surface area contributed by atoms with Crippen molar-refractivity contribution in [2.75, 3.05) is 13.1 Å². The van der Waals surface area contributed by atoms with Gasteiger partial charge in [-0.1, -0.05) is 23.4 Å². The van der Waals surface area contributed by atoms with Gasteiger partial charge in [0, 0.05) is 18.2 Å². The minimum absolute atomic E-state index is 0.272. The largest absolute Gasteiger partial charge is 0.334 e. The number of rotatable bonds is 3. The van der Waals surface area contributed by atoms with Crippen LogP contribution in [0.4, 0.5) is 0 Å².